The van der Waals surface area contributed by atoms with E-state index in [4.69, 9.17) is 9.47 Å². The molecular weight excluding hydrogens is 248 g/mol. The van der Waals surface area contributed by atoms with Gasteiger partial charge in [-0.05, 0) is 12.1 Å². The van der Waals surface area contributed by atoms with Crippen molar-refractivity contribution in [1.82, 2.24) is 10.6 Å². The normalized spacial score (nSPS) is 18.9. The number of nitrogens with one attached hydrogen (secondary N) is 2. The van der Waals surface area contributed by atoms with Gasteiger partial charge in [-0.1, -0.05) is 0 Å². The van der Waals surface area contributed by atoms with E-state index in [9.17, 15) is 9.90 Å². The molecule has 1 fully saturated rings. The molecule has 3 N–H and O–H groups in total. The van der Waals surface area contributed by atoms with Crippen LogP contribution in [0.1, 0.15) is 10.4 Å². The van der Waals surface area contributed by atoms with Crippen molar-refractivity contribution in [2.75, 3.05) is 33.4 Å². The van der Waals surface area contributed by atoms with E-state index in [0.29, 0.717) is 25.5 Å². The molecule has 104 valence electrons. The zero-order valence-electron chi connectivity index (χ0n) is 10.8. The number of ether oxygens (including phenoxy) is 2. The molecule has 1 aromatic rings. The van der Waals surface area contributed by atoms with Gasteiger partial charge in [-0.15, -0.1) is 0 Å². The average Bonchev–Trinajstić information content (AvgIpc) is 2.45. The van der Waals surface area contributed by atoms with Gasteiger partial charge >= 0.3 is 0 Å². The first-order valence-corrected chi connectivity index (χ1v) is 6.17. The van der Waals surface area contributed by atoms with Crippen LogP contribution in [0.15, 0.2) is 18.2 Å². The lowest BCUT2D eigenvalue weighted by molar-refractivity contribution is 0.0734. The second-order valence-corrected chi connectivity index (χ2v) is 4.32. The number of aromatic hydroxyl groups is 1. The maximum absolute atomic E-state index is 11.9. The summed E-state index contributed by atoms with van der Waals surface area (Å²) in [4.78, 5) is 11.9. The molecule has 1 unspecified atom stereocenters. The van der Waals surface area contributed by atoms with Crippen LogP contribution in [0.5, 0.6) is 11.5 Å². The minimum atomic E-state index is -0.312. The molecular formula is C13H18N2O4. The van der Waals surface area contributed by atoms with Crippen LogP contribution in [0.2, 0.25) is 0 Å². The summed E-state index contributed by atoms with van der Waals surface area (Å²) >= 11 is 0. The molecule has 0 aromatic heterocycles. The fourth-order valence-electron chi connectivity index (χ4n) is 1.89. The Morgan fingerprint density at radius 2 is 2.47 bits per heavy atom. The van der Waals surface area contributed by atoms with Gasteiger partial charge < -0.3 is 25.2 Å². The van der Waals surface area contributed by atoms with Crippen molar-refractivity contribution in [3.63, 3.8) is 0 Å². The van der Waals surface area contributed by atoms with Crippen LogP contribution in [-0.4, -0.2) is 50.5 Å². The van der Waals surface area contributed by atoms with E-state index in [2.05, 4.69) is 10.6 Å². The van der Waals surface area contributed by atoms with Crippen LogP contribution in [-0.2, 0) is 4.74 Å². The number of hydrogen-bond donors (Lipinski definition) is 3. The standard InChI is InChI=1S/C13H18N2O4/c1-18-10-2-3-11(12(16)6-10)13(17)15-7-9-8-19-5-4-14-9/h2-3,6,9,14,16H,4-5,7-8H2,1H3,(H,15,17). The van der Waals surface area contributed by atoms with Gasteiger partial charge in [0.2, 0.25) is 0 Å². The van der Waals surface area contributed by atoms with Gasteiger partial charge in [0, 0.05) is 25.2 Å². The highest BCUT2D eigenvalue weighted by atomic mass is 16.5. The Hall–Kier alpha value is -1.79. The Kier molecular flexibility index (Phi) is 4.59. The molecule has 1 aliphatic heterocycles. The zero-order chi connectivity index (χ0) is 13.7. The van der Waals surface area contributed by atoms with Gasteiger partial charge in [-0.2, -0.15) is 0 Å². The van der Waals surface area contributed by atoms with Gasteiger partial charge in [0.15, 0.2) is 0 Å². The topological polar surface area (TPSA) is 79.8 Å². The van der Waals surface area contributed by atoms with Gasteiger partial charge in [-0.3, -0.25) is 4.79 Å². The molecule has 0 aliphatic carbocycles. The third kappa shape index (κ3) is 3.59. The average molecular weight is 266 g/mol. The summed E-state index contributed by atoms with van der Waals surface area (Å²) in [6, 6.07) is 4.69. The first-order valence-electron chi connectivity index (χ1n) is 6.17. The number of phenols is 1. The van der Waals surface area contributed by atoms with Gasteiger partial charge in [-0.25, -0.2) is 0 Å². The predicted molar refractivity (Wildman–Crippen MR) is 69.6 cm³/mol. The SMILES string of the molecule is COc1ccc(C(=O)NCC2COCCN2)c(O)c1. The molecule has 1 amide bonds. The van der Waals surface area contributed by atoms with E-state index in [-0.39, 0.29) is 23.3 Å². The summed E-state index contributed by atoms with van der Waals surface area (Å²) in [5.41, 5.74) is 0.234. The lowest BCUT2D eigenvalue weighted by Crippen LogP contribution is -2.48. The van der Waals surface area contributed by atoms with Crippen LogP contribution in [0, 0.1) is 0 Å². The monoisotopic (exact) mass is 266 g/mol. The minimum Gasteiger partial charge on any atom is -0.507 e. The maximum Gasteiger partial charge on any atom is 0.255 e. The van der Waals surface area contributed by atoms with Crippen molar-refractivity contribution < 1.29 is 19.4 Å². The summed E-state index contributed by atoms with van der Waals surface area (Å²) in [5, 5.41) is 15.7. The highest BCUT2D eigenvalue weighted by molar-refractivity contribution is 5.97. The zero-order valence-corrected chi connectivity index (χ0v) is 10.8. The van der Waals surface area contributed by atoms with E-state index in [1.165, 1.54) is 19.2 Å². The molecule has 1 aliphatic rings. The van der Waals surface area contributed by atoms with E-state index < -0.39 is 0 Å². The summed E-state index contributed by atoms with van der Waals surface area (Å²) < 4.78 is 10.3. The van der Waals surface area contributed by atoms with Crippen molar-refractivity contribution >= 4 is 5.91 Å². The third-order valence-electron chi connectivity index (χ3n) is 2.96. The highest BCUT2D eigenvalue weighted by Gasteiger charge is 2.16. The molecule has 2 rings (SSSR count). The summed E-state index contributed by atoms with van der Waals surface area (Å²) in [5.74, 6) is 0.105. The number of amides is 1. The lowest BCUT2D eigenvalue weighted by atomic mass is 10.1. The second kappa shape index (κ2) is 6.40. The fraction of sp³-hybridized carbons (Fsp3) is 0.462. The van der Waals surface area contributed by atoms with Gasteiger partial charge in [0.25, 0.3) is 5.91 Å². The lowest BCUT2D eigenvalue weighted by Gasteiger charge is -2.24. The molecule has 19 heavy (non-hydrogen) atoms. The van der Waals surface area contributed by atoms with E-state index in [1.807, 2.05) is 0 Å². The Morgan fingerprint density at radius 1 is 1.63 bits per heavy atom. The smallest absolute Gasteiger partial charge is 0.255 e. The molecule has 0 spiro atoms. The number of benzene rings is 1. The number of rotatable bonds is 4. The number of methoxy groups -OCH3 is 1. The van der Waals surface area contributed by atoms with Crippen molar-refractivity contribution in [2.45, 2.75) is 6.04 Å². The summed E-state index contributed by atoms with van der Waals surface area (Å²) in [7, 11) is 1.50. The molecule has 1 aromatic carbocycles. The molecule has 6 heteroatoms. The number of morpholine rings is 1. The van der Waals surface area contributed by atoms with Gasteiger partial charge in [0.05, 0.1) is 25.9 Å². The number of hydrogen-bond acceptors (Lipinski definition) is 5. The first kappa shape index (κ1) is 13.6. The van der Waals surface area contributed by atoms with Crippen LogP contribution < -0.4 is 15.4 Å². The van der Waals surface area contributed by atoms with E-state index in [1.54, 1.807) is 6.07 Å². The quantitative estimate of drug-likeness (QED) is 0.721. The van der Waals surface area contributed by atoms with Crippen molar-refractivity contribution in [2.24, 2.45) is 0 Å². The van der Waals surface area contributed by atoms with Gasteiger partial charge in [0.1, 0.15) is 11.5 Å². The maximum atomic E-state index is 11.9. The highest BCUT2D eigenvalue weighted by Crippen LogP contribution is 2.23. The molecule has 0 bridgehead atoms. The molecule has 1 heterocycles. The molecule has 0 radical (unpaired) electrons. The fourth-order valence-corrected chi connectivity index (χ4v) is 1.89. The number of carbonyl (C=O) groups is 1. The minimum absolute atomic E-state index is 0.0929. The predicted octanol–water partition coefficient (Wildman–Crippen LogP) is 0.119. The Bertz CT molecular complexity index is 444. The largest absolute Gasteiger partial charge is 0.507 e. The second-order valence-electron chi connectivity index (χ2n) is 4.32. The Balaban J connectivity index is 1.92. The van der Waals surface area contributed by atoms with Crippen LogP contribution >= 0.6 is 0 Å². The van der Waals surface area contributed by atoms with Crippen LogP contribution in [0.3, 0.4) is 0 Å². The van der Waals surface area contributed by atoms with Crippen molar-refractivity contribution in [3.05, 3.63) is 23.8 Å². The number of carbonyl (C=O) groups excluding carboxylic acids is 1. The molecule has 1 atom stereocenters. The number of phenolic OH excluding ortho intramolecular Hbond substituents is 1. The molecule has 6 nitrogen and oxygen atoms in total. The Labute approximate surface area is 111 Å². The van der Waals surface area contributed by atoms with Crippen molar-refractivity contribution in [3.8, 4) is 11.5 Å². The summed E-state index contributed by atoms with van der Waals surface area (Å²) in [6.07, 6.45) is 0. The van der Waals surface area contributed by atoms with Crippen LogP contribution in [0.4, 0.5) is 0 Å². The summed E-state index contributed by atoms with van der Waals surface area (Å²) in [6.45, 7) is 2.53. The first-order chi connectivity index (χ1) is 9.20. The molecule has 0 saturated carbocycles. The van der Waals surface area contributed by atoms with Crippen LogP contribution in [0.25, 0.3) is 0 Å². The third-order valence-corrected chi connectivity index (χ3v) is 2.96. The van der Waals surface area contributed by atoms with Crippen molar-refractivity contribution in [1.29, 1.82) is 0 Å². The van der Waals surface area contributed by atoms with E-state index >= 15 is 0 Å². The molecule has 1 saturated heterocycles. The Morgan fingerprint density at radius 3 is 3.11 bits per heavy atom. The van der Waals surface area contributed by atoms with E-state index in [0.717, 1.165) is 6.54 Å².